The number of aliphatic hydroxyl groups is 1. The Morgan fingerprint density at radius 1 is 1.29 bits per heavy atom. The Labute approximate surface area is 104 Å². The molecule has 100 valence electrons. The molecular formula is C12H23NO3S. The molecule has 17 heavy (non-hydrogen) atoms. The first-order chi connectivity index (χ1) is 7.91. The molecule has 0 aromatic heterocycles. The van der Waals surface area contributed by atoms with E-state index < -0.39 is 15.9 Å². The highest BCUT2D eigenvalue weighted by molar-refractivity contribution is 7.91. The van der Waals surface area contributed by atoms with Gasteiger partial charge >= 0.3 is 0 Å². The summed E-state index contributed by atoms with van der Waals surface area (Å²) in [6.07, 6.45) is 2.71. The van der Waals surface area contributed by atoms with Gasteiger partial charge in [-0.05, 0) is 31.2 Å². The molecular weight excluding hydrogens is 238 g/mol. The third kappa shape index (κ3) is 2.51. The highest BCUT2D eigenvalue weighted by Crippen LogP contribution is 2.39. The van der Waals surface area contributed by atoms with Gasteiger partial charge in [0.15, 0.2) is 9.84 Å². The Bertz CT molecular complexity index is 375. The number of hydrogen-bond donors (Lipinski definition) is 1. The fraction of sp³-hybridized carbons (Fsp3) is 1.00. The van der Waals surface area contributed by atoms with E-state index in [1.165, 1.54) is 0 Å². The van der Waals surface area contributed by atoms with Gasteiger partial charge in [-0.1, -0.05) is 13.8 Å². The molecule has 0 spiro atoms. The summed E-state index contributed by atoms with van der Waals surface area (Å²) in [4.78, 5) is 2.20. The number of sulfone groups is 1. The summed E-state index contributed by atoms with van der Waals surface area (Å²) in [5.41, 5.74) is 0.339. The second-order valence-electron chi connectivity index (χ2n) is 5.64. The second kappa shape index (κ2) is 4.52. The lowest BCUT2D eigenvalue weighted by atomic mass is 9.82. The van der Waals surface area contributed by atoms with Crippen molar-refractivity contribution in [1.29, 1.82) is 0 Å². The van der Waals surface area contributed by atoms with Crippen LogP contribution in [0.15, 0.2) is 0 Å². The third-order valence-corrected chi connectivity index (χ3v) is 6.43. The highest BCUT2D eigenvalue weighted by Gasteiger charge is 2.45. The largest absolute Gasteiger partial charge is 0.390 e. The van der Waals surface area contributed by atoms with Crippen molar-refractivity contribution in [3.8, 4) is 0 Å². The molecule has 0 bridgehead atoms. The van der Waals surface area contributed by atoms with Gasteiger partial charge in [-0.25, -0.2) is 8.42 Å². The van der Waals surface area contributed by atoms with Crippen molar-refractivity contribution in [2.45, 2.75) is 45.3 Å². The average Bonchev–Trinajstić information content (AvgIpc) is 2.80. The molecule has 2 rings (SSSR count). The van der Waals surface area contributed by atoms with Crippen LogP contribution in [-0.4, -0.2) is 55.2 Å². The fourth-order valence-electron chi connectivity index (χ4n) is 3.24. The van der Waals surface area contributed by atoms with Crippen molar-refractivity contribution < 1.29 is 13.5 Å². The summed E-state index contributed by atoms with van der Waals surface area (Å²) in [5.74, 6) is 0.0804. The first kappa shape index (κ1) is 13.3. The molecule has 0 radical (unpaired) electrons. The standard InChI is InChI=1S/C12H23NO3S/c1-3-12(4-2)5-6-13(9-12)10-7-17(15,16)8-11(10)14/h10-11,14H,3-9H2,1-2H3. The maximum absolute atomic E-state index is 11.5. The predicted molar refractivity (Wildman–Crippen MR) is 67.7 cm³/mol. The topological polar surface area (TPSA) is 57.6 Å². The minimum absolute atomic E-state index is 0.0561. The van der Waals surface area contributed by atoms with Crippen LogP contribution in [0.5, 0.6) is 0 Å². The van der Waals surface area contributed by atoms with Crippen LogP contribution in [0.4, 0.5) is 0 Å². The lowest BCUT2D eigenvalue weighted by Crippen LogP contribution is -2.42. The minimum atomic E-state index is -3.02. The quantitative estimate of drug-likeness (QED) is 0.811. The van der Waals surface area contributed by atoms with E-state index in [1.807, 2.05) is 0 Å². The maximum Gasteiger partial charge on any atom is 0.154 e. The van der Waals surface area contributed by atoms with Crippen LogP contribution in [-0.2, 0) is 9.84 Å². The number of aliphatic hydroxyl groups excluding tert-OH is 1. The SMILES string of the molecule is CCC1(CC)CCN(C2CS(=O)(=O)CC2O)C1. The Morgan fingerprint density at radius 3 is 2.35 bits per heavy atom. The van der Waals surface area contributed by atoms with Gasteiger partial charge < -0.3 is 5.11 Å². The molecule has 0 aromatic rings. The van der Waals surface area contributed by atoms with E-state index in [-0.39, 0.29) is 17.5 Å². The van der Waals surface area contributed by atoms with Gasteiger partial charge in [0.1, 0.15) is 0 Å². The van der Waals surface area contributed by atoms with Gasteiger partial charge in [0.2, 0.25) is 0 Å². The number of nitrogens with zero attached hydrogens (tertiary/aromatic N) is 1. The van der Waals surface area contributed by atoms with E-state index in [9.17, 15) is 13.5 Å². The highest BCUT2D eigenvalue weighted by atomic mass is 32.2. The number of hydrogen-bond acceptors (Lipinski definition) is 4. The molecule has 2 aliphatic heterocycles. The van der Waals surface area contributed by atoms with Gasteiger partial charge in [0.05, 0.1) is 23.7 Å². The van der Waals surface area contributed by atoms with Gasteiger partial charge in [0, 0.05) is 6.54 Å². The molecule has 1 N–H and O–H groups in total. The summed E-state index contributed by atoms with van der Waals surface area (Å²) in [6, 6.07) is -0.167. The molecule has 0 aliphatic carbocycles. The summed E-state index contributed by atoms with van der Waals surface area (Å²) < 4.78 is 23.0. The monoisotopic (exact) mass is 261 g/mol. The normalized spacial score (nSPS) is 36.4. The zero-order valence-electron chi connectivity index (χ0n) is 10.7. The average molecular weight is 261 g/mol. The Balaban J connectivity index is 2.07. The van der Waals surface area contributed by atoms with Crippen LogP contribution >= 0.6 is 0 Å². The van der Waals surface area contributed by atoms with Crippen LogP contribution in [0.25, 0.3) is 0 Å². The van der Waals surface area contributed by atoms with Gasteiger partial charge in [-0.15, -0.1) is 0 Å². The lowest BCUT2D eigenvalue weighted by Gasteiger charge is -2.30. The van der Waals surface area contributed by atoms with E-state index >= 15 is 0 Å². The van der Waals surface area contributed by atoms with Crippen molar-refractivity contribution in [3.05, 3.63) is 0 Å². The zero-order chi connectivity index (χ0) is 12.7. The molecule has 0 aromatic carbocycles. The molecule has 4 nitrogen and oxygen atoms in total. The molecule has 2 heterocycles. The lowest BCUT2D eigenvalue weighted by molar-refractivity contribution is 0.0887. The molecule has 0 amide bonds. The van der Waals surface area contributed by atoms with E-state index in [0.717, 1.165) is 32.4 Å². The molecule has 2 unspecified atom stereocenters. The summed E-state index contributed by atoms with van der Waals surface area (Å²) in [5, 5.41) is 9.88. The van der Waals surface area contributed by atoms with Crippen molar-refractivity contribution in [3.63, 3.8) is 0 Å². The first-order valence-corrected chi connectivity index (χ1v) is 8.36. The van der Waals surface area contributed by atoms with Crippen molar-refractivity contribution in [1.82, 2.24) is 4.90 Å². The van der Waals surface area contributed by atoms with Crippen LogP contribution in [0, 0.1) is 5.41 Å². The summed E-state index contributed by atoms with van der Waals surface area (Å²) in [6.45, 7) is 6.28. The van der Waals surface area contributed by atoms with Gasteiger partial charge in [-0.3, -0.25) is 4.90 Å². The molecule has 2 aliphatic rings. The van der Waals surface area contributed by atoms with E-state index in [1.54, 1.807) is 0 Å². The van der Waals surface area contributed by atoms with Crippen LogP contribution in [0.1, 0.15) is 33.1 Å². The van der Waals surface area contributed by atoms with Crippen molar-refractivity contribution >= 4 is 9.84 Å². The van der Waals surface area contributed by atoms with Crippen LogP contribution in [0.2, 0.25) is 0 Å². The maximum atomic E-state index is 11.5. The summed E-state index contributed by atoms with van der Waals surface area (Å²) >= 11 is 0. The first-order valence-electron chi connectivity index (χ1n) is 6.54. The fourth-order valence-corrected chi connectivity index (χ4v) is 5.07. The zero-order valence-corrected chi connectivity index (χ0v) is 11.5. The minimum Gasteiger partial charge on any atom is -0.390 e. The molecule has 2 saturated heterocycles. The van der Waals surface area contributed by atoms with Gasteiger partial charge in [-0.2, -0.15) is 0 Å². The Morgan fingerprint density at radius 2 is 1.94 bits per heavy atom. The molecule has 2 fully saturated rings. The Hall–Kier alpha value is -0.130. The van der Waals surface area contributed by atoms with Crippen molar-refractivity contribution in [2.24, 2.45) is 5.41 Å². The van der Waals surface area contributed by atoms with Crippen LogP contribution < -0.4 is 0 Å². The van der Waals surface area contributed by atoms with E-state index in [0.29, 0.717) is 5.41 Å². The smallest absolute Gasteiger partial charge is 0.154 e. The predicted octanol–water partition coefficient (Wildman–Crippen LogP) is 0.656. The number of rotatable bonds is 3. The molecule has 0 saturated carbocycles. The number of likely N-dealkylation sites (tertiary alicyclic amines) is 1. The van der Waals surface area contributed by atoms with E-state index in [4.69, 9.17) is 0 Å². The van der Waals surface area contributed by atoms with Crippen molar-refractivity contribution in [2.75, 3.05) is 24.6 Å². The third-order valence-electron chi connectivity index (χ3n) is 4.73. The molecule has 5 heteroatoms. The Kier molecular flexibility index (Phi) is 3.54. The van der Waals surface area contributed by atoms with E-state index in [2.05, 4.69) is 18.7 Å². The van der Waals surface area contributed by atoms with Crippen LogP contribution in [0.3, 0.4) is 0 Å². The summed E-state index contributed by atoms with van der Waals surface area (Å²) in [7, 11) is -3.02. The molecule has 2 atom stereocenters. The van der Waals surface area contributed by atoms with Gasteiger partial charge in [0.25, 0.3) is 0 Å². The second-order valence-corrected chi connectivity index (χ2v) is 7.79.